The predicted octanol–water partition coefficient (Wildman–Crippen LogP) is 3.81. The van der Waals surface area contributed by atoms with Crippen molar-refractivity contribution >= 4 is 29.5 Å². The fraction of sp³-hybridized carbons (Fsp3) is 0.263. The molecule has 1 heterocycles. The number of ether oxygens (including phenoxy) is 1. The summed E-state index contributed by atoms with van der Waals surface area (Å²) in [6, 6.07) is 12.3. The molecule has 2 aromatic rings. The van der Waals surface area contributed by atoms with E-state index >= 15 is 0 Å². The van der Waals surface area contributed by atoms with Gasteiger partial charge >= 0.3 is 0 Å². The molecule has 0 aromatic heterocycles. The Morgan fingerprint density at radius 1 is 1.29 bits per heavy atom. The van der Waals surface area contributed by atoms with Gasteiger partial charge in [-0.3, -0.25) is 9.59 Å². The lowest BCUT2D eigenvalue weighted by atomic mass is 9.93. The van der Waals surface area contributed by atoms with Crippen molar-refractivity contribution in [2.24, 2.45) is 0 Å². The van der Waals surface area contributed by atoms with Gasteiger partial charge in [-0.25, -0.2) is 0 Å². The van der Waals surface area contributed by atoms with E-state index in [9.17, 15) is 9.59 Å². The van der Waals surface area contributed by atoms with Gasteiger partial charge in [0, 0.05) is 22.7 Å². The Hall–Kier alpha value is -2.33. The predicted molar refractivity (Wildman–Crippen MR) is 93.7 cm³/mol. The number of methoxy groups -OCH3 is 1. The van der Waals surface area contributed by atoms with Crippen molar-refractivity contribution in [1.29, 1.82) is 0 Å². The molecule has 5 heteroatoms. The Morgan fingerprint density at radius 3 is 2.62 bits per heavy atom. The third kappa shape index (κ3) is 2.78. The van der Waals surface area contributed by atoms with Gasteiger partial charge in [0.1, 0.15) is 5.75 Å². The van der Waals surface area contributed by atoms with Gasteiger partial charge in [0.05, 0.1) is 12.6 Å². The molecule has 1 aliphatic heterocycles. The molecule has 1 aliphatic rings. The number of hydrogen-bond donors (Lipinski definition) is 0. The smallest absolute Gasteiger partial charge is 0.258 e. The summed E-state index contributed by atoms with van der Waals surface area (Å²) in [5.74, 6) is 0.570. The molecule has 1 amide bonds. The van der Waals surface area contributed by atoms with E-state index in [-0.39, 0.29) is 12.3 Å². The highest BCUT2D eigenvalue weighted by molar-refractivity contribution is 6.30. The van der Waals surface area contributed by atoms with Crippen molar-refractivity contribution in [1.82, 2.24) is 0 Å². The Morgan fingerprint density at radius 2 is 2.00 bits per heavy atom. The monoisotopic (exact) mass is 342 g/mol. The molecular weight excluding hydrogens is 326 g/mol. The normalized spacial score (nSPS) is 19.0. The van der Waals surface area contributed by atoms with E-state index in [4.69, 9.17) is 16.3 Å². The first kappa shape index (κ1) is 16.5. The zero-order chi connectivity index (χ0) is 17.3. The summed E-state index contributed by atoms with van der Waals surface area (Å²) in [5.41, 5.74) is 1.66. The van der Waals surface area contributed by atoms with Crippen LogP contribution in [0.25, 0.3) is 0 Å². The Labute approximate surface area is 146 Å². The summed E-state index contributed by atoms with van der Waals surface area (Å²) in [5, 5.41) is 0.571. The second-order valence-electron chi connectivity index (χ2n) is 6.14. The molecule has 0 N–H and O–H groups in total. The van der Waals surface area contributed by atoms with Crippen molar-refractivity contribution in [2.75, 3.05) is 12.0 Å². The molecule has 3 rings (SSSR count). The van der Waals surface area contributed by atoms with Crippen LogP contribution in [0.1, 0.15) is 29.3 Å². The third-order valence-corrected chi connectivity index (χ3v) is 4.64. The molecule has 4 nitrogen and oxygen atoms in total. The summed E-state index contributed by atoms with van der Waals surface area (Å²) in [6.07, 6.45) is 2.68. The molecule has 1 unspecified atom stereocenters. The number of amides is 1. The number of carbonyl (C=O) groups excluding carboxylic acids is 2. The van der Waals surface area contributed by atoms with Crippen molar-refractivity contribution in [3.05, 3.63) is 58.6 Å². The molecule has 1 atom stereocenters. The molecule has 0 aliphatic carbocycles. The highest BCUT2D eigenvalue weighted by atomic mass is 35.5. The van der Waals surface area contributed by atoms with Crippen molar-refractivity contribution in [3.63, 3.8) is 0 Å². The number of rotatable bonds is 4. The number of fused-ring (bicyclic) bond motifs is 1. The van der Waals surface area contributed by atoms with Crippen molar-refractivity contribution < 1.29 is 14.3 Å². The van der Waals surface area contributed by atoms with Gasteiger partial charge in [-0.15, -0.1) is 0 Å². The van der Waals surface area contributed by atoms with Crippen LogP contribution >= 0.6 is 11.6 Å². The maximum Gasteiger partial charge on any atom is 0.258 e. The molecule has 0 saturated heterocycles. The molecule has 123 valence electrons. The highest BCUT2D eigenvalue weighted by Gasteiger charge is 2.43. The topological polar surface area (TPSA) is 46.6 Å². The number of anilines is 1. The maximum absolute atomic E-state index is 13.1. The minimum absolute atomic E-state index is 0.142. The first-order valence-corrected chi connectivity index (χ1v) is 7.98. The van der Waals surface area contributed by atoms with E-state index in [1.54, 1.807) is 36.3 Å². The van der Waals surface area contributed by atoms with Crippen LogP contribution < -0.4 is 9.64 Å². The zero-order valence-electron chi connectivity index (χ0n) is 13.5. The molecule has 0 fully saturated rings. The van der Waals surface area contributed by atoms with E-state index in [0.717, 1.165) is 17.0 Å². The van der Waals surface area contributed by atoms with Crippen LogP contribution in [0.15, 0.2) is 42.5 Å². The SMILES string of the molecule is COc1ccc2c(c1)CC(C)(C[C]=O)N2C(=O)c1ccc(Cl)cc1. The highest BCUT2D eigenvalue weighted by Crippen LogP contribution is 2.42. The quantitative estimate of drug-likeness (QED) is 0.848. The van der Waals surface area contributed by atoms with Crippen LogP contribution in [0.5, 0.6) is 5.75 Å². The largest absolute Gasteiger partial charge is 0.497 e. The molecule has 0 spiro atoms. The first-order chi connectivity index (χ1) is 11.5. The van der Waals surface area contributed by atoms with E-state index in [1.165, 1.54) is 0 Å². The molecule has 0 saturated carbocycles. The van der Waals surface area contributed by atoms with E-state index in [2.05, 4.69) is 0 Å². The Balaban J connectivity index is 2.07. The average molecular weight is 343 g/mol. The first-order valence-electron chi connectivity index (χ1n) is 7.60. The fourth-order valence-corrected chi connectivity index (χ4v) is 3.33. The van der Waals surface area contributed by atoms with Crippen LogP contribution in [0.3, 0.4) is 0 Å². The summed E-state index contributed by atoms with van der Waals surface area (Å²) >= 11 is 5.91. The van der Waals surface area contributed by atoms with Gasteiger partial charge in [0.15, 0.2) is 0 Å². The molecule has 24 heavy (non-hydrogen) atoms. The zero-order valence-corrected chi connectivity index (χ0v) is 14.3. The molecular formula is C19H17ClNO3. The molecule has 2 aromatic carbocycles. The van der Waals surface area contributed by atoms with Crippen LogP contribution in [-0.4, -0.2) is 24.8 Å². The number of hydrogen-bond acceptors (Lipinski definition) is 3. The number of halogens is 1. The minimum atomic E-state index is -0.646. The molecule has 1 radical (unpaired) electrons. The van der Waals surface area contributed by atoms with Crippen molar-refractivity contribution in [3.8, 4) is 5.75 Å². The van der Waals surface area contributed by atoms with Crippen LogP contribution in [0.4, 0.5) is 5.69 Å². The lowest BCUT2D eigenvalue weighted by molar-refractivity contribution is 0.0964. The summed E-state index contributed by atoms with van der Waals surface area (Å²) < 4.78 is 5.27. The van der Waals surface area contributed by atoms with E-state index in [0.29, 0.717) is 17.0 Å². The van der Waals surface area contributed by atoms with Crippen LogP contribution in [0, 0.1) is 0 Å². The van der Waals surface area contributed by atoms with Crippen LogP contribution in [-0.2, 0) is 11.2 Å². The van der Waals surface area contributed by atoms with Gasteiger partial charge in [0.25, 0.3) is 5.91 Å². The summed E-state index contributed by atoms with van der Waals surface area (Å²) in [7, 11) is 1.60. The second kappa shape index (κ2) is 6.29. The van der Waals surface area contributed by atoms with Gasteiger partial charge in [0.2, 0.25) is 6.29 Å². The maximum atomic E-state index is 13.1. The van der Waals surface area contributed by atoms with Gasteiger partial charge in [-0.1, -0.05) is 11.6 Å². The average Bonchev–Trinajstić information content (AvgIpc) is 2.85. The van der Waals surface area contributed by atoms with Gasteiger partial charge in [-0.05, 0) is 61.4 Å². The number of carbonyl (C=O) groups is 1. The minimum Gasteiger partial charge on any atom is -0.497 e. The third-order valence-electron chi connectivity index (χ3n) is 4.39. The standard InChI is InChI=1S/C19H17ClNO3/c1-19(9-10-22)12-14-11-16(24-2)7-8-17(14)21(19)18(23)13-3-5-15(20)6-4-13/h3-8,11H,9,12H2,1-2H3. The van der Waals surface area contributed by atoms with Gasteiger partial charge in [-0.2, -0.15) is 0 Å². The van der Waals surface area contributed by atoms with Crippen LogP contribution in [0.2, 0.25) is 5.02 Å². The lowest BCUT2D eigenvalue weighted by Gasteiger charge is -2.34. The lowest BCUT2D eigenvalue weighted by Crippen LogP contribution is -2.48. The summed E-state index contributed by atoms with van der Waals surface area (Å²) in [4.78, 5) is 25.9. The summed E-state index contributed by atoms with van der Waals surface area (Å²) in [6.45, 7) is 1.90. The van der Waals surface area contributed by atoms with Gasteiger partial charge < -0.3 is 9.64 Å². The van der Waals surface area contributed by atoms with Crippen molar-refractivity contribution in [2.45, 2.75) is 25.3 Å². The molecule has 0 bridgehead atoms. The fourth-order valence-electron chi connectivity index (χ4n) is 3.20. The second-order valence-corrected chi connectivity index (χ2v) is 6.57. The number of benzene rings is 2. The van der Waals surface area contributed by atoms with E-state index in [1.807, 2.05) is 31.4 Å². The van der Waals surface area contributed by atoms with E-state index < -0.39 is 5.54 Å². The number of nitrogens with zero attached hydrogens (tertiary/aromatic N) is 1. The Kier molecular flexibility index (Phi) is 4.33. The Bertz CT molecular complexity index is 788.